The van der Waals surface area contributed by atoms with Crippen LogP contribution in [-0.4, -0.2) is 42.4 Å². The minimum Gasteiger partial charge on any atom is -0.481 e. The van der Waals surface area contributed by atoms with E-state index >= 15 is 0 Å². The van der Waals surface area contributed by atoms with E-state index in [4.69, 9.17) is 5.11 Å². The first-order chi connectivity index (χ1) is 8.44. The van der Waals surface area contributed by atoms with Gasteiger partial charge in [0, 0.05) is 18.6 Å². The van der Waals surface area contributed by atoms with Crippen LogP contribution in [0.15, 0.2) is 0 Å². The summed E-state index contributed by atoms with van der Waals surface area (Å²) in [7, 11) is -3.53. The third kappa shape index (κ3) is 3.02. The molecule has 7 heteroatoms. The highest BCUT2D eigenvalue weighted by molar-refractivity contribution is 7.87. The average molecular weight is 276 g/mol. The van der Waals surface area contributed by atoms with Crippen molar-refractivity contribution in [1.82, 2.24) is 9.03 Å². The summed E-state index contributed by atoms with van der Waals surface area (Å²) in [4.78, 5) is 10.8. The van der Waals surface area contributed by atoms with Gasteiger partial charge in [0.25, 0.3) is 10.2 Å². The number of carbonyl (C=O) groups is 1. The van der Waals surface area contributed by atoms with E-state index in [1.165, 1.54) is 4.31 Å². The zero-order chi connectivity index (χ0) is 13.2. The lowest BCUT2D eigenvalue weighted by Gasteiger charge is -2.42. The minimum absolute atomic E-state index is 0.125. The number of aliphatic carboxylic acids is 1. The maximum absolute atomic E-state index is 12.2. The SMILES string of the molecule is O=C(O)CC1(NS(=O)(=O)N2CCCCC2)CCC1. The maximum atomic E-state index is 12.2. The van der Waals surface area contributed by atoms with E-state index < -0.39 is 21.7 Å². The summed E-state index contributed by atoms with van der Waals surface area (Å²) in [6, 6.07) is 0. The van der Waals surface area contributed by atoms with Crippen LogP contribution >= 0.6 is 0 Å². The third-order valence-corrected chi connectivity index (χ3v) is 5.54. The molecule has 1 aliphatic heterocycles. The lowest BCUT2D eigenvalue weighted by molar-refractivity contribution is -0.139. The molecule has 1 aliphatic carbocycles. The van der Waals surface area contributed by atoms with Gasteiger partial charge < -0.3 is 5.11 Å². The third-order valence-electron chi connectivity index (χ3n) is 3.80. The van der Waals surface area contributed by atoms with Crippen LogP contribution < -0.4 is 4.72 Å². The Morgan fingerprint density at radius 1 is 1.17 bits per heavy atom. The lowest BCUT2D eigenvalue weighted by atomic mass is 9.75. The number of hydrogen-bond donors (Lipinski definition) is 2. The average Bonchev–Trinajstić information content (AvgIpc) is 2.26. The van der Waals surface area contributed by atoms with Crippen molar-refractivity contribution in [2.24, 2.45) is 0 Å². The van der Waals surface area contributed by atoms with Crippen LogP contribution in [0.4, 0.5) is 0 Å². The summed E-state index contributed by atoms with van der Waals surface area (Å²) < 4.78 is 28.5. The standard InChI is InChI=1S/C11H20N2O4S/c14-10(15)9-11(5-4-6-11)12-18(16,17)13-7-2-1-3-8-13/h12H,1-9H2,(H,14,15). The number of nitrogens with one attached hydrogen (secondary N) is 1. The van der Waals surface area contributed by atoms with Crippen molar-refractivity contribution in [1.29, 1.82) is 0 Å². The second kappa shape index (κ2) is 5.14. The molecule has 6 nitrogen and oxygen atoms in total. The highest BCUT2D eigenvalue weighted by Gasteiger charge is 2.43. The largest absolute Gasteiger partial charge is 0.481 e. The summed E-state index contributed by atoms with van der Waals surface area (Å²) in [5.74, 6) is -0.948. The fourth-order valence-corrected chi connectivity index (χ4v) is 4.34. The monoisotopic (exact) mass is 276 g/mol. The summed E-state index contributed by atoms with van der Waals surface area (Å²) in [6.07, 6.45) is 4.82. The van der Waals surface area contributed by atoms with Crippen molar-refractivity contribution in [3.63, 3.8) is 0 Å². The molecule has 0 spiro atoms. The van der Waals surface area contributed by atoms with Gasteiger partial charge in [-0.3, -0.25) is 4.79 Å². The summed E-state index contributed by atoms with van der Waals surface area (Å²) in [6.45, 7) is 1.08. The molecule has 18 heavy (non-hydrogen) atoms. The Morgan fingerprint density at radius 2 is 1.78 bits per heavy atom. The zero-order valence-corrected chi connectivity index (χ0v) is 11.2. The molecule has 104 valence electrons. The van der Waals surface area contributed by atoms with Crippen molar-refractivity contribution < 1.29 is 18.3 Å². The Bertz CT molecular complexity index is 411. The molecule has 2 aliphatic rings. The number of nitrogens with zero attached hydrogens (tertiary/aromatic N) is 1. The number of carboxylic acid groups (broad SMARTS) is 1. The topological polar surface area (TPSA) is 86.7 Å². The maximum Gasteiger partial charge on any atom is 0.305 e. The van der Waals surface area contributed by atoms with E-state index in [2.05, 4.69) is 4.72 Å². The van der Waals surface area contributed by atoms with Gasteiger partial charge in [0.1, 0.15) is 0 Å². The molecule has 0 atom stereocenters. The smallest absolute Gasteiger partial charge is 0.305 e. The van der Waals surface area contributed by atoms with E-state index in [0.29, 0.717) is 25.9 Å². The normalized spacial score (nSPS) is 24.4. The van der Waals surface area contributed by atoms with Crippen molar-refractivity contribution >= 4 is 16.2 Å². The molecule has 0 unspecified atom stereocenters. The van der Waals surface area contributed by atoms with Crippen LogP contribution in [0.3, 0.4) is 0 Å². The van der Waals surface area contributed by atoms with Gasteiger partial charge in [-0.2, -0.15) is 17.4 Å². The first-order valence-corrected chi connectivity index (χ1v) is 7.88. The molecular weight excluding hydrogens is 256 g/mol. The Balaban J connectivity index is 2.03. The van der Waals surface area contributed by atoms with Gasteiger partial charge in [0.15, 0.2) is 0 Å². The molecule has 2 fully saturated rings. The Hall–Kier alpha value is -0.660. The summed E-state index contributed by atoms with van der Waals surface area (Å²) in [5, 5.41) is 8.87. The van der Waals surface area contributed by atoms with Gasteiger partial charge in [-0.25, -0.2) is 0 Å². The van der Waals surface area contributed by atoms with Gasteiger partial charge in [0.05, 0.1) is 6.42 Å². The predicted octanol–water partition coefficient (Wildman–Crippen LogP) is 0.704. The lowest BCUT2D eigenvalue weighted by Crippen LogP contribution is -2.58. The highest BCUT2D eigenvalue weighted by Crippen LogP contribution is 2.36. The van der Waals surface area contributed by atoms with Gasteiger partial charge in [-0.1, -0.05) is 6.42 Å². The molecule has 0 bridgehead atoms. The summed E-state index contributed by atoms with van der Waals surface area (Å²) >= 11 is 0. The number of rotatable bonds is 5. The minimum atomic E-state index is -3.53. The number of carboxylic acids is 1. The fourth-order valence-electron chi connectivity index (χ4n) is 2.65. The first kappa shape index (κ1) is 13.8. The molecule has 1 saturated heterocycles. The van der Waals surface area contributed by atoms with Crippen LogP contribution in [0.1, 0.15) is 44.9 Å². The Labute approximate surface area is 108 Å². The Morgan fingerprint density at radius 3 is 2.22 bits per heavy atom. The molecule has 2 N–H and O–H groups in total. The van der Waals surface area contributed by atoms with E-state index in [9.17, 15) is 13.2 Å². The van der Waals surface area contributed by atoms with Gasteiger partial charge in [-0.15, -0.1) is 0 Å². The number of hydrogen-bond acceptors (Lipinski definition) is 3. The van der Waals surface area contributed by atoms with Crippen LogP contribution in [0, 0.1) is 0 Å². The first-order valence-electron chi connectivity index (χ1n) is 6.44. The van der Waals surface area contributed by atoms with Crippen LogP contribution in [0.2, 0.25) is 0 Å². The van der Waals surface area contributed by atoms with Gasteiger partial charge in [0.2, 0.25) is 0 Å². The zero-order valence-electron chi connectivity index (χ0n) is 10.4. The van der Waals surface area contributed by atoms with E-state index in [1.54, 1.807) is 0 Å². The van der Waals surface area contributed by atoms with Gasteiger partial charge >= 0.3 is 5.97 Å². The molecule has 1 heterocycles. The van der Waals surface area contributed by atoms with Gasteiger partial charge in [-0.05, 0) is 32.1 Å². The fraction of sp³-hybridized carbons (Fsp3) is 0.909. The van der Waals surface area contributed by atoms with Crippen molar-refractivity contribution in [2.45, 2.75) is 50.5 Å². The molecule has 0 aromatic rings. The van der Waals surface area contributed by atoms with Crippen LogP contribution in [0.25, 0.3) is 0 Å². The molecule has 0 radical (unpaired) electrons. The molecule has 1 saturated carbocycles. The predicted molar refractivity (Wildman–Crippen MR) is 66.3 cm³/mol. The van der Waals surface area contributed by atoms with Crippen LogP contribution in [0.5, 0.6) is 0 Å². The molecule has 0 aromatic heterocycles. The van der Waals surface area contributed by atoms with Crippen LogP contribution in [-0.2, 0) is 15.0 Å². The second-order valence-corrected chi connectivity index (χ2v) is 6.94. The molecule has 0 aromatic carbocycles. The summed E-state index contributed by atoms with van der Waals surface area (Å²) in [5.41, 5.74) is -0.748. The van der Waals surface area contributed by atoms with E-state index in [1.807, 2.05) is 0 Å². The highest BCUT2D eigenvalue weighted by atomic mass is 32.2. The van der Waals surface area contributed by atoms with E-state index in [-0.39, 0.29) is 6.42 Å². The van der Waals surface area contributed by atoms with Crippen molar-refractivity contribution in [3.8, 4) is 0 Å². The molecular formula is C11H20N2O4S. The van der Waals surface area contributed by atoms with Crippen molar-refractivity contribution in [2.75, 3.05) is 13.1 Å². The molecule has 0 amide bonds. The quantitative estimate of drug-likeness (QED) is 0.774. The Kier molecular flexibility index (Phi) is 3.93. The molecule has 2 rings (SSSR count). The number of piperidine rings is 1. The second-order valence-electron chi connectivity index (χ2n) is 5.27. The van der Waals surface area contributed by atoms with Crippen molar-refractivity contribution in [3.05, 3.63) is 0 Å². The van der Waals surface area contributed by atoms with E-state index in [0.717, 1.165) is 25.7 Å².